The van der Waals surface area contributed by atoms with Crippen molar-refractivity contribution in [2.75, 3.05) is 13.2 Å². The van der Waals surface area contributed by atoms with Gasteiger partial charge in [-0.3, -0.25) is 0 Å². The molecule has 0 atom stereocenters. The monoisotopic (exact) mass is 418 g/mol. The summed E-state index contributed by atoms with van der Waals surface area (Å²) in [5.41, 5.74) is 2.41. The van der Waals surface area contributed by atoms with Gasteiger partial charge >= 0.3 is 5.97 Å². The molecule has 0 radical (unpaired) electrons. The Balaban J connectivity index is 1.53. The molecule has 0 saturated heterocycles. The number of esters is 1. The van der Waals surface area contributed by atoms with Gasteiger partial charge in [0.05, 0.1) is 0 Å². The van der Waals surface area contributed by atoms with Crippen LogP contribution in [0.1, 0.15) is 27.6 Å². The molecule has 0 fully saturated rings. The number of carbonyl (C=O) groups excluding carboxylic acids is 1. The van der Waals surface area contributed by atoms with Crippen LogP contribution < -0.4 is 9.47 Å². The summed E-state index contributed by atoms with van der Waals surface area (Å²) in [6.45, 7) is 4.79. The fraction of sp³-hybridized carbons (Fsp3) is 0.294. The fourth-order valence-electron chi connectivity index (χ4n) is 2.68. The molecule has 3 aromatic rings. The van der Waals surface area contributed by atoms with E-state index in [9.17, 15) is 4.79 Å². The van der Waals surface area contributed by atoms with Gasteiger partial charge in [-0.25, -0.2) is 14.3 Å². The average Bonchev–Trinajstić information content (AvgIpc) is 3.04. The highest BCUT2D eigenvalue weighted by Crippen LogP contribution is 2.35. The predicted octanol–water partition coefficient (Wildman–Crippen LogP) is 2.63. The predicted molar refractivity (Wildman–Crippen MR) is 94.5 cm³/mol. The van der Waals surface area contributed by atoms with Crippen LogP contribution in [0, 0.1) is 13.8 Å². The summed E-state index contributed by atoms with van der Waals surface area (Å²) >= 11 is 3.46. The van der Waals surface area contributed by atoms with Crippen LogP contribution in [-0.2, 0) is 11.3 Å². The summed E-state index contributed by atoms with van der Waals surface area (Å²) in [6, 6.07) is 5.46. The Bertz CT molecular complexity index is 1020. The molecule has 0 aliphatic carbocycles. The first-order chi connectivity index (χ1) is 12.5. The van der Waals surface area contributed by atoms with E-state index in [-0.39, 0.29) is 12.4 Å². The molecule has 0 amide bonds. The highest BCUT2D eigenvalue weighted by Gasteiger charge is 2.19. The quantitative estimate of drug-likeness (QED) is 0.603. The number of fused-ring (bicyclic) bond motifs is 2. The second-order valence-electron chi connectivity index (χ2n) is 5.85. The topological polar surface area (TPSA) is 87.8 Å². The minimum atomic E-state index is -0.616. The minimum Gasteiger partial charge on any atom is -0.486 e. The van der Waals surface area contributed by atoms with Crippen LogP contribution in [0.15, 0.2) is 22.7 Å². The van der Waals surface area contributed by atoms with Gasteiger partial charge in [0.15, 0.2) is 11.5 Å². The van der Waals surface area contributed by atoms with Crippen LogP contribution >= 0.6 is 15.9 Å². The van der Waals surface area contributed by atoms with Crippen molar-refractivity contribution in [2.45, 2.75) is 20.5 Å². The molecule has 1 aliphatic heterocycles. The number of hydrogen-bond donors (Lipinski definition) is 0. The number of aromatic nitrogens is 4. The lowest BCUT2D eigenvalue weighted by molar-refractivity contribution is 0.0457. The van der Waals surface area contributed by atoms with Crippen LogP contribution in [0.5, 0.6) is 11.5 Å². The lowest BCUT2D eigenvalue weighted by Gasteiger charge is -2.19. The third-order valence-corrected chi connectivity index (χ3v) is 4.61. The van der Waals surface area contributed by atoms with Crippen LogP contribution in [0.25, 0.3) is 5.78 Å². The van der Waals surface area contributed by atoms with Crippen molar-refractivity contribution in [3.8, 4) is 11.5 Å². The first kappa shape index (κ1) is 16.8. The Morgan fingerprint density at radius 1 is 1.19 bits per heavy atom. The lowest BCUT2D eigenvalue weighted by Crippen LogP contribution is -2.16. The molecule has 26 heavy (non-hydrogen) atoms. The molecular weight excluding hydrogens is 404 g/mol. The number of aryl methyl sites for hydroxylation is 2. The number of ether oxygens (including phenoxy) is 3. The maximum absolute atomic E-state index is 12.3. The summed E-state index contributed by atoms with van der Waals surface area (Å²) < 4.78 is 18.7. The zero-order valence-corrected chi connectivity index (χ0v) is 15.7. The van der Waals surface area contributed by atoms with E-state index in [0.29, 0.717) is 30.5 Å². The summed E-state index contributed by atoms with van der Waals surface area (Å²) in [4.78, 5) is 20.7. The van der Waals surface area contributed by atoms with Crippen molar-refractivity contribution in [3.63, 3.8) is 0 Å². The molecule has 0 spiro atoms. The van der Waals surface area contributed by atoms with E-state index in [1.807, 2.05) is 19.9 Å². The van der Waals surface area contributed by atoms with Crippen molar-refractivity contribution in [1.29, 1.82) is 0 Å². The largest absolute Gasteiger partial charge is 0.486 e. The SMILES string of the molecule is Cc1cc(C)n2nc(C(=O)OCc3cc4c(cc3Br)OCCO4)nc2n1. The van der Waals surface area contributed by atoms with Crippen molar-refractivity contribution in [3.05, 3.63) is 45.4 Å². The van der Waals surface area contributed by atoms with Crippen molar-refractivity contribution < 1.29 is 19.0 Å². The summed E-state index contributed by atoms with van der Waals surface area (Å²) in [6.07, 6.45) is 0. The number of halogens is 1. The van der Waals surface area contributed by atoms with E-state index < -0.39 is 5.97 Å². The zero-order valence-electron chi connectivity index (χ0n) is 14.2. The molecule has 0 saturated carbocycles. The van der Waals surface area contributed by atoms with Gasteiger partial charge in [0, 0.05) is 21.4 Å². The third kappa shape index (κ3) is 3.10. The molecule has 0 bridgehead atoms. The van der Waals surface area contributed by atoms with Crippen LogP contribution in [0.2, 0.25) is 0 Å². The second kappa shape index (κ2) is 6.56. The van der Waals surface area contributed by atoms with Gasteiger partial charge in [-0.2, -0.15) is 4.98 Å². The smallest absolute Gasteiger partial charge is 0.378 e. The minimum absolute atomic E-state index is 0.0279. The molecule has 134 valence electrons. The number of nitrogens with zero attached hydrogens (tertiary/aromatic N) is 4. The molecule has 0 N–H and O–H groups in total. The van der Waals surface area contributed by atoms with E-state index in [4.69, 9.17) is 14.2 Å². The second-order valence-corrected chi connectivity index (χ2v) is 6.70. The maximum Gasteiger partial charge on any atom is 0.378 e. The molecular formula is C17H15BrN4O4. The first-order valence-electron chi connectivity index (χ1n) is 7.97. The highest BCUT2D eigenvalue weighted by atomic mass is 79.9. The first-order valence-corrected chi connectivity index (χ1v) is 8.77. The average molecular weight is 419 g/mol. The lowest BCUT2D eigenvalue weighted by atomic mass is 10.2. The molecule has 3 heterocycles. The van der Waals surface area contributed by atoms with Crippen molar-refractivity contribution >= 4 is 27.7 Å². The zero-order chi connectivity index (χ0) is 18.3. The Labute approximate surface area is 157 Å². The molecule has 2 aromatic heterocycles. The summed E-state index contributed by atoms with van der Waals surface area (Å²) in [5.74, 6) is 1.02. The summed E-state index contributed by atoms with van der Waals surface area (Å²) in [7, 11) is 0. The molecule has 8 nitrogen and oxygen atoms in total. The molecule has 0 unspecified atom stereocenters. The Morgan fingerprint density at radius 2 is 1.92 bits per heavy atom. The van der Waals surface area contributed by atoms with E-state index in [1.165, 1.54) is 4.52 Å². The molecule has 1 aliphatic rings. The molecule has 9 heteroatoms. The maximum atomic E-state index is 12.3. The fourth-order valence-corrected chi connectivity index (χ4v) is 3.11. The Hall–Kier alpha value is -2.68. The van der Waals surface area contributed by atoms with Gasteiger partial charge in [0.1, 0.15) is 19.8 Å². The number of carbonyl (C=O) groups is 1. The van der Waals surface area contributed by atoms with Crippen molar-refractivity contribution in [2.24, 2.45) is 0 Å². The van der Waals surface area contributed by atoms with Crippen LogP contribution in [0.4, 0.5) is 0 Å². The van der Waals surface area contributed by atoms with E-state index in [0.717, 1.165) is 21.4 Å². The van der Waals surface area contributed by atoms with Crippen LogP contribution in [-0.4, -0.2) is 38.8 Å². The van der Waals surface area contributed by atoms with Gasteiger partial charge in [-0.15, -0.1) is 5.10 Å². The standard InChI is InChI=1S/C17H15BrN4O4/c1-9-5-10(2)22-17(19-9)20-15(21-22)16(23)26-8-11-6-13-14(7-12(11)18)25-4-3-24-13/h5-7H,3-4,8H2,1-2H3. The molecule has 4 rings (SSSR count). The van der Waals surface area contributed by atoms with Gasteiger partial charge in [0.25, 0.3) is 11.6 Å². The number of rotatable bonds is 3. The summed E-state index contributed by atoms with van der Waals surface area (Å²) in [5, 5.41) is 4.17. The molecule has 1 aromatic carbocycles. The number of hydrogen-bond acceptors (Lipinski definition) is 7. The third-order valence-electron chi connectivity index (χ3n) is 3.87. The highest BCUT2D eigenvalue weighted by molar-refractivity contribution is 9.10. The van der Waals surface area contributed by atoms with Gasteiger partial charge in [-0.05, 0) is 32.0 Å². The van der Waals surface area contributed by atoms with Gasteiger partial charge in [0.2, 0.25) is 0 Å². The number of benzene rings is 1. The van der Waals surface area contributed by atoms with Gasteiger partial charge in [-0.1, -0.05) is 15.9 Å². The van der Waals surface area contributed by atoms with E-state index in [1.54, 1.807) is 12.1 Å². The van der Waals surface area contributed by atoms with Gasteiger partial charge < -0.3 is 14.2 Å². The van der Waals surface area contributed by atoms with Crippen LogP contribution in [0.3, 0.4) is 0 Å². The Morgan fingerprint density at radius 3 is 2.69 bits per heavy atom. The van der Waals surface area contributed by atoms with Crippen molar-refractivity contribution in [1.82, 2.24) is 19.6 Å². The Kier molecular flexibility index (Phi) is 4.23. The normalized spacial score (nSPS) is 13.0. The van der Waals surface area contributed by atoms with E-state index >= 15 is 0 Å². The van der Waals surface area contributed by atoms with E-state index in [2.05, 4.69) is 31.0 Å².